The molecule has 3 aliphatic heterocycles. The molecule has 2 aromatic carbocycles. The molecule has 0 saturated carbocycles. The third kappa shape index (κ3) is 4.16. The number of aryl methyl sites for hydroxylation is 2. The molecule has 2 bridgehead atoms. The monoisotopic (exact) mass is 533 g/mol. The Labute approximate surface area is 230 Å². The van der Waals surface area contributed by atoms with E-state index in [1.807, 2.05) is 77.9 Å². The van der Waals surface area contributed by atoms with Crippen molar-refractivity contribution >= 4 is 29.1 Å². The van der Waals surface area contributed by atoms with Crippen LogP contribution < -0.4 is 10.6 Å². The average molecular weight is 534 g/mol. The van der Waals surface area contributed by atoms with Gasteiger partial charge in [-0.15, -0.1) is 0 Å². The summed E-state index contributed by atoms with van der Waals surface area (Å²) in [5.41, 5.74) is 1.10. The number of hydrogen-bond donors (Lipinski definition) is 3. The number of anilines is 2. The van der Waals surface area contributed by atoms with Crippen LogP contribution in [0, 0.1) is 37.5 Å². The Hall–Kier alpha value is -3.23. The van der Waals surface area contributed by atoms with Crippen molar-refractivity contribution in [1.29, 1.82) is 0 Å². The third-order valence-corrected chi connectivity index (χ3v) is 9.29. The minimum atomic E-state index is -1.19. The lowest BCUT2D eigenvalue weighted by Gasteiger charge is -2.38. The first-order valence-electron chi connectivity index (χ1n) is 13.8. The van der Waals surface area contributed by atoms with E-state index >= 15 is 0 Å². The van der Waals surface area contributed by atoms with Gasteiger partial charge in [0.15, 0.2) is 0 Å². The van der Waals surface area contributed by atoms with E-state index in [9.17, 15) is 19.5 Å². The van der Waals surface area contributed by atoms with Crippen molar-refractivity contribution in [3.8, 4) is 0 Å². The molecule has 8 nitrogen and oxygen atoms in total. The number of carbonyl (C=O) groups excluding carboxylic acids is 3. The molecule has 3 unspecified atom stereocenters. The summed E-state index contributed by atoms with van der Waals surface area (Å²) in [6, 6.07) is 13.4. The summed E-state index contributed by atoms with van der Waals surface area (Å²) < 4.78 is 6.79. The Morgan fingerprint density at radius 2 is 1.79 bits per heavy atom. The topological polar surface area (TPSA) is 108 Å². The van der Waals surface area contributed by atoms with Crippen LogP contribution in [0.4, 0.5) is 11.4 Å². The van der Waals surface area contributed by atoms with Crippen molar-refractivity contribution in [3.05, 3.63) is 59.7 Å². The van der Waals surface area contributed by atoms with E-state index in [2.05, 4.69) is 10.6 Å². The molecular formula is C31H39N3O5. The van der Waals surface area contributed by atoms with Gasteiger partial charge in [-0.05, 0) is 68.4 Å². The molecule has 8 heteroatoms. The second kappa shape index (κ2) is 9.75. The van der Waals surface area contributed by atoms with Crippen LogP contribution in [0.5, 0.6) is 0 Å². The number of amides is 3. The quantitative estimate of drug-likeness (QED) is 0.500. The Morgan fingerprint density at radius 3 is 2.44 bits per heavy atom. The van der Waals surface area contributed by atoms with Crippen LogP contribution >= 0.6 is 0 Å². The standard InChI is InChI=1S/C31H39N3O5/c1-17(2)23(16-35)34-26(28(37)33-22-14-18(3)12-13-19(22)4)31-15-20(5)30(6,39-31)24(25(31)29(34)38)27(36)32-21-10-8-7-9-11-21/h7-14,17,20,23-26,35H,15-16H2,1-6H3,(H,32,36)(H,33,37)/t20?,23-,24+,25-,26?,30-,31?/m0/s1. The number of hydrogen-bond acceptors (Lipinski definition) is 5. The highest BCUT2D eigenvalue weighted by Gasteiger charge is 2.80. The second-order valence-electron chi connectivity index (χ2n) is 12.1. The molecule has 0 aromatic heterocycles. The van der Waals surface area contributed by atoms with Crippen molar-refractivity contribution < 1.29 is 24.2 Å². The number of rotatable bonds is 7. The van der Waals surface area contributed by atoms with Crippen molar-refractivity contribution in [2.24, 2.45) is 23.7 Å². The molecular weight excluding hydrogens is 494 g/mol. The molecule has 3 N–H and O–H groups in total. The van der Waals surface area contributed by atoms with Crippen molar-refractivity contribution in [2.75, 3.05) is 17.2 Å². The SMILES string of the molecule is Cc1ccc(C)c(NC(=O)C2N([C@@H](CO)C(C)C)C(=O)[C@@H]3[C@H](C(=O)Nc4ccccc4)[C@@]4(C)OC23CC4C)c1. The molecule has 3 aliphatic rings. The maximum atomic E-state index is 14.4. The van der Waals surface area contributed by atoms with Crippen molar-refractivity contribution in [2.45, 2.75) is 71.2 Å². The number of para-hydroxylation sites is 1. The first kappa shape index (κ1) is 27.3. The summed E-state index contributed by atoms with van der Waals surface area (Å²) in [6.45, 7) is 11.3. The predicted octanol–water partition coefficient (Wildman–Crippen LogP) is 3.91. The zero-order valence-electron chi connectivity index (χ0n) is 23.5. The fourth-order valence-corrected chi connectivity index (χ4v) is 7.17. The van der Waals surface area contributed by atoms with Gasteiger partial charge in [-0.3, -0.25) is 14.4 Å². The van der Waals surface area contributed by atoms with E-state index in [0.717, 1.165) is 11.1 Å². The summed E-state index contributed by atoms with van der Waals surface area (Å²) in [4.78, 5) is 44.0. The second-order valence-corrected chi connectivity index (χ2v) is 12.1. The average Bonchev–Trinajstić information content (AvgIpc) is 3.39. The number of nitrogens with one attached hydrogen (secondary N) is 2. The minimum absolute atomic E-state index is 0.0735. The molecule has 39 heavy (non-hydrogen) atoms. The number of carbonyl (C=O) groups is 3. The lowest BCUT2D eigenvalue weighted by molar-refractivity contribution is -0.149. The lowest BCUT2D eigenvalue weighted by Crippen LogP contribution is -2.57. The van der Waals surface area contributed by atoms with Gasteiger partial charge < -0.3 is 25.4 Å². The normalized spacial score (nSPS) is 31.9. The Balaban J connectivity index is 1.59. The van der Waals surface area contributed by atoms with E-state index in [1.54, 1.807) is 12.1 Å². The smallest absolute Gasteiger partial charge is 0.250 e. The summed E-state index contributed by atoms with van der Waals surface area (Å²) >= 11 is 0. The van der Waals surface area contributed by atoms with Crippen molar-refractivity contribution in [1.82, 2.24) is 4.90 Å². The van der Waals surface area contributed by atoms with Crippen LogP contribution in [0.2, 0.25) is 0 Å². The summed E-state index contributed by atoms with van der Waals surface area (Å²) in [7, 11) is 0. The molecule has 3 heterocycles. The predicted molar refractivity (Wildman–Crippen MR) is 149 cm³/mol. The van der Waals surface area contributed by atoms with Gasteiger partial charge >= 0.3 is 0 Å². The van der Waals surface area contributed by atoms with Gasteiger partial charge in [0.05, 0.1) is 30.1 Å². The zero-order valence-corrected chi connectivity index (χ0v) is 23.5. The van der Waals surface area contributed by atoms with Crippen LogP contribution in [0.1, 0.15) is 45.2 Å². The maximum absolute atomic E-state index is 14.4. The molecule has 3 amide bonds. The fraction of sp³-hybridized carbons (Fsp3) is 0.516. The molecule has 3 fully saturated rings. The Bertz CT molecular complexity index is 1300. The van der Waals surface area contributed by atoms with Crippen LogP contribution in [0.25, 0.3) is 0 Å². The fourth-order valence-electron chi connectivity index (χ4n) is 7.17. The maximum Gasteiger partial charge on any atom is 0.250 e. The number of aliphatic hydroxyl groups excluding tert-OH is 1. The van der Waals surface area contributed by atoms with Gasteiger partial charge in [0.25, 0.3) is 0 Å². The van der Waals surface area contributed by atoms with E-state index < -0.39 is 35.1 Å². The molecule has 0 aliphatic carbocycles. The van der Waals surface area contributed by atoms with Crippen LogP contribution in [-0.4, -0.2) is 57.6 Å². The molecule has 208 valence electrons. The van der Waals surface area contributed by atoms with Gasteiger partial charge in [0, 0.05) is 11.4 Å². The van der Waals surface area contributed by atoms with Gasteiger partial charge in [-0.25, -0.2) is 0 Å². The third-order valence-electron chi connectivity index (χ3n) is 9.29. The van der Waals surface area contributed by atoms with Gasteiger partial charge in [0.1, 0.15) is 11.6 Å². The molecule has 7 atom stereocenters. The number of aliphatic hydroxyl groups is 1. The minimum Gasteiger partial charge on any atom is -0.394 e. The van der Waals surface area contributed by atoms with E-state index in [0.29, 0.717) is 17.8 Å². The lowest BCUT2D eigenvalue weighted by atomic mass is 9.62. The van der Waals surface area contributed by atoms with Gasteiger partial charge in [-0.2, -0.15) is 0 Å². The first-order chi connectivity index (χ1) is 18.4. The number of nitrogens with zero attached hydrogens (tertiary/aromatic N) is 1. The van der Waals surface area contributed by atoms with Crippen LogP contribution in [0.3, 0.4) is 0 Å². The van der Waals surface area contributed by atoms with Gasteiger partial charge in [-0.1, -0.05) is 51.1 Å². The summed E-state index contributed by atoms with van der Waals surface area (Å²) in [5, 5.41) is 16.5. The summed E-state index contributed by atoms with van der Waals surface area (Å²) in [6.07, 6.45) is 0.465. The molecule has 0 radical (unpaired) electrons. The number of fused-ring (bicyclic) bond motifs is 1. The molecule has 5 rings (SSSR count). The highest BCUT2D eigenvalue weighted by atomic mass is 16.5. The molecule has 3 saturated heterocycles. The molecule has 2 aromatic rings. The van der Waals surface area contributed by atoms with Gasteiger partial charge in [0.2, 0.25) is 17.7 Å². The van der Waals surface area contributed by atoms with E-state index in [1.165, 1.54) is 4.90 Å². The van der Waals surface area contributed by atoms with E-state index in [4.69, 9.17) is 4.74 Å². The highest BCUT2D eigenvalue weighted by molar-refractivity contribution is 6.05. The van der Waals surface area contributed by atoms with Crippen LogP contribution in [-0.2, 0) is 19.1 Å². The first-order valence-corrected chi connectivity index (χ1v) is 13.8. The highest BCUT2D eigenvalue weighted by Crippen LogP contribution is 2.65. The molecule has 1 spiro atoms. The Kier molecular flexibility index (Phi) is 6.84. The van der Waals surface area contributed by atoms with Crippen LogP contribution in [0.15, 0.2) is 48.5 Å². The number of ether oxygens (including phenoxy) is 1. The largest absolute Gasteiger partial charge is 0.394 e. The zero-order chi connectivity index (χ0) is 28.3. The van der Waals surface area contributed by atoms with E-state index in [-0.39, 0.29) is 36.2 Å². The number of likely N-dealkylation sites (tertiary alicyclic amines) is 1. The Morgan fingerprint density at radius 1 is 1.10 bits per heavy atom. The van der Waals surface area contributed by atoms with Crippen molar-refractivity contribution in [3.63, 3.8) is 0 Å². The summed E-state index contributed by atoms with van der Waals surface area (Å²) in [5.74, 6) is -2.79. The number of benzene rings is 2.